The Morgan fingerprint density at radius 3 is 2.41 bits per heavy atom. The molecule has 2 heterocycles. The van der Waals surface area contributed by atoms with Crippen molar-refractivity contribution in [1.82, 2.24) is 0 Å². The quantitative estimate of drug-likeness (QED) is 0.172. The van der Waals surface area contributed by atoms with Crippen molar-refractivity contribution in [3.8, 4) is 16.9 Å². The molecular weight excluding hydrogens is 657 g/mol. The highest BCUT2D eigenvalue weighted by Crippen LogP contribution is 2.58. The molecule has 1 aromatic heterocycles. The van der Waals surface area contributed by atoms with E-state index in [-0.39, 0.29) is 29.3 Å². The van der Waals surface area contributed by atoms with Crippen LogP contribution in [-0.2, 0) is 0 Å². The topological polar surface area (TPSA) is 22.4 Å². The lowest BCUT2D eigenvalue weighted by Crippen LogP contribution is -2.33. The Labute approximate surface area is 317 Å². The minimum Gasteiger partial charge on any atom is -0.488 e. The number of hydrogen-bond donors (Lipinski definition) is 0. The number of furan rings is 1. The van der Waals surface area contributed by atoms with Crippen LogP contribution in [0.25, 0.3) is 44.0 Å². The van der Waals surface area contributed by atoms with Crippen LogP contribution >= 0.6 is 0 Å². The van der Waals surface area contributed by atoms with E-state index in [0.29, 0.717) is 11.8 Å². The molecule has 1 aliphatic heterocycles. The normalized spacial score (nSPS) is 26.0. The number of allylic oxidation sites excluding steroid dienone is 9. The molecule has 2 heteroatoms. The van der Waals surface area contributed by atoms with Crippen LogP contribution in [0.4, 0.5) is 0 Å². The van der Waals surface area contributed by atoms with Gasteiger partial charge < -0.3 is 9.15 Å². The van der Waals surface area contributed by atoms with Gasteiger partial charge in [0.2, 0.25) is 0 Å². The molecule has 0 saturated carbocycles. The van der Waals surface area contributed by atoms with E-state index >= 15 is 0 Å². The molecule has 2 nitrogen and oxygen atoms in total. The third-order valence-electron chi connectivity index (χ3n) is 13.4. The standard InChI is InChI=1S/C52H44O2/c1-31-19-24-40-39-15-7-9-18-46(39)53-50(40)48(31)38-14-10-13-34(28-38)37-22-25-41-45(30-37)52(2,3)44-17-8-6-16-42(44)51-49(41)43-29-36(23-26-47(43)54-51)35-21-20-32-11-4-5-12-33(32)27-35/h4-21,23-24,26-31,40,42,44,48,50H,22,25H2,1-3H3. The Balaban J connectivity index is 1.03. The molecule has 264 valence electrons. The SMILES string of the molecule is CC1C=CC2c3ccccc3OC2C1c1cccc(C2=CC3=C(CC2)c2c(oc4ccc(-c5ccc6ccccc6c5)cc24)C2C=CC=CC2C3(C)C)c1. The van der Waals surface area contributed by atoms with Gasteiger partial charge in [-0.15, -0.1) is 0 Å². The monoisotopic (exact) mass is 700 g/mol. The van der Waals surface area contributed by atoms with E-state index in [1.807, 2.05) is 0 Å². The van der Waals surface area contributed by atoms with Gasteiger partial charge in [-0.05, 0) is 104 Å². The maximum Gasteiger partial charge on any atom is 0.134 e. The second kappa shape index (κ2) is 12.0. The van der Waals surface area contributed by atoms with Crippen molar-refractivity contribution < 1.29 is 9.15 Å². The van der Waals surface area contributed by atoms with E-state index in [1.165, 1.54) is 66.3 Å². The van der Waals surface area contributed by atoms with Crippen LogP contribution in [0, 0.1) is 17.3 Å². The Kier molecular flexibility index (Phi) is 7.06. The van der Waals surface area contributed by atoms with Gasteiger partial charge in [0.1, 0.15) is 23.2 Å². The maximum atomic E-state index is 6.95. The van der Waals surface area contributed by atoms with Crippen molar-refractivity contribution in [2.75, 3.05) is 0 Å². The predicted octanol–water partition coefficient (Wildman–Crippen LogP) is 13.6. The minimum absolute atomic E-state index is 0.103. The van der Waals surface area contributed by atoms with Crippen molar-refractivity contribution in [2.24, 2.45) is 17.3 Å². The second-order valence-electron chi connectivity index (χ2n) is 16.8. The number of benzene rings is 5. The van der Waals surface area contributed by atoms with Crippen LogP contribution in [0.5, 0.6) is 5.75 Å². The van der Waals surface area contributed by atoms with Crippen LogP contribution in [-0.4, -0.2) is 6.10 Å². The summed E-state index contributed by atoms with van der Waals surface area (Å²) in [6, 6.07) is 40.3. The molecular formula is C52H44O2. The highest BCUT2D eigenvalue weighted by Gasteiger charge is 2.46. The van der Waals surface area contributed by atoms with Crippen LogP contribution in [0.15, 0.2) is 162 Å². The lowest BCUT2D eigenvalue weighted by molar-refractivity contribution is 0.159. The summed E-state index contributed by atoms with van der Waals surface area (Å²) in [6.07, 6.45) is 18.7. The van der Waals surface area contributed by atoms with Gasteiger partial charge in [-0.3, -0.25) is 0 Å². The molecule has 5 aromatic carbocycles. The molecule has 0 N–H and O–H groups in total. The van der Waals surface area contributed by atoms with E-state index in [4.69, 9.17) is 9.15 Å². The van der Waals surface area contributed by atoms with Gasteiger partial charge in [0, 0.05) is 34.3 Å². The molecule has 6 aromatic rings. The first kappa shape index (κ1) is 31.9. The van der Waals surface area contributed by atoms with Gasteiger partial charge in [0.05, 0.1) is 0 Å². The lowest BCUT2D eigenvalue weighted by Gasteiger charge is -2.39. The minimum atomic E-state index is -0.103. The zero-order valence-corrected chi connectivity index (χ0v) is 31.1. The summed E-state index contributed by atoms with van der Waals surface area (Å²) >= 11 is 0. The first-order chi connectivity index (χ1) is 26.4. The van der Waals surface area contributed by atoms with Crippen LogP contribution in [0.2, 0.25) is 0 Å². The largest absolute Gasteiger partial charge is 0.488 e. The maximum absolute atomic E-state index is 6.95. The molecule has 5 aliphatic rings. The highest BCUT2D eigenvalue weighted by molar-refractivity contribution is 5.99. The summed E-state index contributed by atoms with van der Waals surface area (Å²) in [4.78, 5) is 0. The lowest BCUT2D eigenvalue weighted by atomic mass is 9.65. The Morgan fingerprint density at radius 2 is 1.48 bits per heavy atom. The summed E-state index contributed by atoms with van der Waals surface area (Å²) in [5.41, 5.74) is 13.0. The third-order valence-corrected chi connectivity index (χ3v) is 13.4. The van der Waals surface area contributed by atoms with Gasteiger partial charge in [0.15, 0.2) is 0 Å². The molecule has 0 amide bonds. The van der Waals surface area contributed by atoms with Gasteiger partial charge in [-0.2, -0.15) is 0 Å². The molecule has 0 spiro atoms. The number of ether oxygens (including phenoxy) is 1. The van der Waals surface area contributed by atoms with E-state index in [9.17, 15) is 0 Å². The fourth-order valence-electron chi connectivity index (χ4n) is 10.7. The molecule has 0 bridgehead atoms. The van der Waals surface area contributed by atoms with Crippen LogP contribution < -0.4 is 4.74 Å². The Morgan fingerprint density at radius 1 is 0.667 bits per heavy atom. The van der Waals surface area contributed by atoms with Crippen LogP contribution in [0.1, 0.15) is 79.4 Å². The highest BCUT2D eigenvalue weighted by atomic mass is 16.5. The first-order valence-corrected chi connectivity index (χ1v) is 19.8. The average molecular weight is 701 g/mol. The van der Waals surface area contributed by atoms with Crippen molar-refractivity contribution >= 4 is 32.9 Å². The smallest absolute Gasteiger partial charge is 0.134 e. The molecule has 0 fully saturated rings. The van der Waals surface area contributed by atoms with Crippen LogP contribution in [0.3, 0.4) is 0 Å². The Hall–Kier alpha value is -5.60. The molecule has 6 unspecified atom stereocenters. The van der Waals surface area contributed by atoms with Gasteiger partial charge >= 0.3 is 0 Å². The number of hydrogen-bond acceptors (Lipinski definition) is 2. The summed E-state index contributed by atoms with van der Waals surface area (Å²) < 4.78 is 13.7. The fourth-order valence-corrected chi connectivity index (χ4v) is 10.7. The van der Waals surface area contributed by atoms with E-state index in [1.54, 1.807) is 0 Å². The average Bonchev–Trinajstić information content (AvgIpc) is 3.76. The Bertz CT molecular complexity index is 2670. The zero-order valence-electron chi connectivity index (χ0n) is 31.1. The van der Waals surface area contributed by atoms with E-state index in [2.05, 4.69) is 172 Å². The summed E-state index contributed by atoms with van der Waals surface area (Å²) in [5, 5.41) is 3.76. The molecule has 0 radical (unpaired) electrons. The van der Waals surface area contributed by atoms with Crippen molar-refractivity contribution in [2.45, 2.75) is 57.5 Å². The number of para-hydroxylation sites is 1. The summed E-state index contributed by atoms with van der Waals surface area (Å²) in [5.74, 6) is 3.59. The van der Waals surface area contributed by atoms with E-state index in [0.717, 1.165) is 29.9 Å². The molecule has 6 atom stereocenters. The van der Waals surface area contributed by atoms with E-state index < -0.39 is 0 Å². The second-order valence-corrected chi connectivity index (χ2v) is 16.8. The zero-order chi connectivity index (χ0) is 36.1. The number of fused-ring (bicyclic) bond motifs is 10. The van der Waals surface area contributed by atoms with Crippen molar-refractivity contribution in [3.05, 3.63) is 185 Å². The molecule has 54 heavy (non-hydrogen) atoms. The molecule has 4 aliphatic carbocycles. The van der Waals surface area contributed by atoms with Crippen molar-refractivity contribution in [1.29, 1.82) is 0 Å². The molecule has 11 rings (SSSR count). The number of rotatable bonds is 3. The summed E-state index contributed by atoms with van der Waals surface area (Å²) in [7, 11) is 0. The molecule has 0 saturated heterocycles. The predicted molar refractivity (Wildman–Crippen MR) is 223 cm³/mol. The van der Waals surface area contributed by atoms with Gasteiger partial charge in [-0.25, -0.2) is 0 Å². The van der Waals surface area contributed by atoms with Crippen molar-refractivity contribution in [3.63, 3.8) is 0 Å². The van der Waals surface area contributed by atoms with Gasteiger partial charge in [-0.1, -0.05) is 148 Å². The fraction of sp³-hybridized carbons (Fsp3) is 0.231. The summed E-state index contributed by atoms with van der Waals surface area (Å²) in [6.45, 7) is 7.26. The van der Waals surface area contributed by atoms with Gasteiger partial charge in [0.25, 0.3) is 0 Å². The third kappa shape index (κ3) is 4.78. The first-order valence-electron chi connectivity index (χ1n) is 19.8.